The molecule has 0 atom stereocenters. The lowest BCUT2D eigenvalue weighted by Gasteiger charge is -2.40. The molecule has 1 heterocycles. The highest BCUT2D eigenvalue weighted by Crippen LogP contribution is 2.33. The van der Waals surface area contributed by atoms with Crippen LogP contribution in [-0.4, -0.2) is 18.1 Å². The summed E-state index contributed by atoms with van der Waals surface area (Å²) in [5, 5.41) is 0. The van der Waals surface area contributed by atoms with E-state index in [0.29, 0.717) is 10.4 Å². The summed E-state index contributed by atoms with van der Waals surface area (Å²) in [7, 11) is 0. The van der Waals surface area contributed by atoms with Gasteiger partial charge in [-0.2, -0.15) is 0 Å². The molecule has 2 nitrogen and oxygen atoms in total. The molecule has 1 saturated heterocycles. The number of hydrogen-bond donors (Lipinski definition) is 1. The summed E-state index contributed by atoms with van der Waals surface area (Å²) < 4.78 is 0. The monoisotopic (exact) mass is 262 g/mol. The molecule has 0 aliphatic carbocycles. The molecule has 0 unspecified atom stereocenters. The molecule has 18 heavy (non-hydrogen) atoms. The molecule has 1 aromatic rings. The summed E-state index contributed by atoms with van der Waals surface area (Å²) in [6, 6.07) is 6.33. The van der Waals surface area contributed by atoms with Crippen molar-refractivity contribution in [2.45, 2.75) is 33.6 Å². The lowest BCUT2D eigenvalue weighted by Crippen LogP contribution is -2.41. The number of piperidine rings is 1. The van der Waals surface area contributed by atoms with Crippen LogP contribution in [0.2, 0.25) is 0 Å². The Morgan fingerprint density at radius 3 is 2.72 bits per heavy atom. The molecule has 0 aromatic heterocycles. The van der Waals surface area contributed by atoms with Crippen LogP contribution in [0.15, 0.2) is 18.2 Å². The van der Waals surface area contributed by atoms with Crippen molar-refractivity contribution in [3.63, 3.8) is 0 Å². The maximum atomic E-state index is 5.84. The average Bonchev–Trinajstić information content (AvgIpc) is 2.27. The van der Waals surface area contributed by atoms with E-state index >= 15 is 0 Å². The van der Waals surface area contributed by atoms with Gasteiger partial charge in [0, 0.05) is 24.3 Å². The van der Waals surface area contributed by atoms with E-state index in [9.17, 15) is 0 Å². The Morgan fingerprint density at radius 2 is 2.11 bits per heavy atom. The van der Waals surface area contributed by atoms with Crippen LogP contribution < -0.4 is 10.6 Å². The number of aryl methyl sites for hydroxylation is 1. The van der Waals surface area contributed by atoms with Gasteiger partial charge in [-0.05, 0) is 42.9 Å². The number of hydrogen-bond acceptors (Lipinski definition) is 2. The van der Waals surface area contributed by atoms with Crippen LogP contribution in [0.25, 0.3) is 0 Å². The van der Waals surface area contributed by atoms with Crippen molar-refractivity contribution in [1.29, 1.82) is 0 Å². The van der Waals surface area contributed by atoms with E-state index in [4.69, 9.17) is 18.0 Å². The van der Waals surface area contributed by atoms with Gasteiger partial charge in [-0.1, -0.05) is 32.1 Å². The van der Waals surface area contributed by atoms with E-state index < -0.39 is 0 Å². The van der Waals surface area contributed by atoms with E-state index in [0.717, 1.165) is 18.7 Å². The van der Waals surface area contributed by atoms with Crippen LogP contribution in [0, 0.1) is 12.3 Å². The molecule has 1 fully saturated rings. The minimum absolute atomic E-state index is 0.371. The highest BCUT2D eigenvalue weighted by atomic mass is 32.1. The molecule has 0 radical (unpaired) electrons. The maximum Gasteiger partial charge on any atom is 0.106 e. The number of anilines is 1. The normalized spacial score (nSPS) is 18.7. The molecule has 2 N–H and O–H groups in total. The second-order valence-electron chi connectivity index (χ2n) is 6.07. The van der Waals surface area contributed by atoms with Gasteiger partial charge in [-0.3, -0.25) is 0 Å². The molecular weight excluding hydrogens is 240 g/mol. The Kier molecular flexibility index (Phi) is 3.62. The molecule has 1 aromatic carbocycles. The third-order valence-corrected chi connectivity index (χ3v) is 3.88. The van der Waals surface area contributed by atoms with E-state index in [1.165, 1.54) is 24.1 Å². The lowest BCUT2D eigenvalue weighted by atomic mass is 9.83. The van der Waals surface area contributed by atoms with Gasteiger partial charge in [0.2, 0.25) is 0 Å². The summed E-state index contributed by atoms with van der Waals surface area (Å²) in [6.07, 6.45) is 2.52. The van der Waals surface area contributed by atoms with Gasteiger partial charge in [0.1, 0.15) is 4.99 Å². The zero-order valence-corrected chi connectivity index (χ0v) is 12.3. The van der Waals surface area contributed by atoms with Gasteiger partial charge in [-0.15, -0.1) is 0 Å². The molecular formula is C15H22N2S. The van der Waals surface area contributed by atoms with Crippen LogP contribution in [0.3, 0.4) is 0 Å². The van der Waals surface area contributed by atoms with Crippen molar-refractivity contribution in [2.24, 2.45) is 11.1 Å². The second kappa shape index (κ2) is 4.88. The van der Waals surface area contributed by atoms with Crippen LogP contribution in [0.5, 0.6) is 0 Å². The average molecular weight is 262 g/mol. The molecule has 1 aliphatic rings. The summed E-state index contributed by atoms with van der Waals surface area (Å²) in [5.41, 5.74) is 9.68. The minimum Gasteiger partial charge on any atom is -0.389 e. The topological polar surface area (TPSA) is 29.3 Å². The fourth-order valence-electron chi connectivity index (χ4n) is 2.74. The van der Waals surface area contributed by atoms with E-state index in [-0.39, 0.29) is 0 Å². The zero-order valence-electron chi connectivity index (χ0n) is 11.5. The zero-order chi connectivity index (χ0) is 13.3. The van der Waals surface area contributed by atoms with Crippen molar-refractivity contribution in [3.8, 4) is 0 Å². The maximum absolute atomic E-state index is 5.84. The standard InChI is InChI=1S/C15H22N2S/c1-11-5-6-12(14(16)18)13(9-11)17-8-4-7-15(2,3)10-17/h5-6,9H,4,7-8,10H2,1-3H3,(H2,16,18). The van der Waals surface area contributed by atoms with Crippen molar-refractivity contribution >= 4 is 22.9 Å². The Hall–Kier alpha value is -1.09. The number of nitrogens with zero attached hydrogens (tertiary/aromatic N) is 1. The Morgan fingerprint density at radius 1 is 1.39 bits per heavy atom. The Labute approximate surface area is 115 Å². The molecule has 98 valence electrons. The predicted molar refractivity (Wildman–Crippen MR) is 82.3 cm³/mol. The van der Waals surface area contributed by atoms with Crippen LogP contribution >= 0.6 is 12.2 Å². The van der Waals surface area contributed by atoms with Gasteiger partial charge in [0.05, 0.1) is 0 Å². The fraction of sp³-hybridized carbons (Fsp3) is 0.533. The lowest BCUT2D eigenvalue weighted by molar-refractivity contribution is 0.293. The Balaban J connectivity index is 2.37. The molecule has 0 bridgehead atoms. The minimum atomic E-state index is 0.371. The highest BCUT2D eigenvalue weighted by Gasteiger charge is 2.27. The number of nitrogens with two attached hydrogens (primary N) is 1. The summed E-state index contributed by atoms with van der Waals surface area (Å²) >= 11 is 5.17. The van der Waals surface area contributed by atoms with Crippen molar-refractivity contribution < 1.29 is 0 Å². The van der Waals surface area contributed by atoms with Crippen molar-refractivity contribution in [2.75, 3.05) is 18.0 Å². The summed E-state index contributed by atoms with van der Waals surface area (Å²) in [4.78, 5) is 2.93. The van der Waals surface area contributed by atoms with Crippen molar-refractivity contribution in [1.82, 2.24) is 0 Å². The largest absolute Gasteiger partial charge is 0.389 e. The first-order valence-electron chi connectivity index (χ1n) is 6.54. The quantitative estimate of drug-likeness (QED) is 0.830. The highest BCUT2D eigenvalue weighted by molar-refractivity contribution is 7.80. The predicted octanol–water partition coefficient (Wildman–Crippen LogP) is 3.26. The van der Waals surface area contributed by atoms with Gasteiger partial charge in [0.15, 0.2) is 0 Å². The number of rotatable bonds is 2. The number of benzene rings is 1. The van der Waals surface area contributed by atoms with Crippen LogP contribution in [0.1, 0.15) is 37.8 Å². The molecule has 0 saturated carbocycles. The summed E-state index contributed by atoms with van der Waals surface area (Å²) in [6.45, 7) is 8.95. The summed E-state index contributed by atoms with van der Waals surface area (Å²) in [5.74, 6) is 0. The smallest absolute Gasteiger partial charge is 0.106 e. The Bertz CT molecular complexity index is 466. The van der Waals surface area contributed by atoms with Gasteiger partial charge in [-0.25, -0.2) is 0 Å². The van der Waals surface area contributed by atoms with Crippen LogP contribution in [0.4, 0.5) is 5.69 Å². The first-order valence-corrected chi connectivity index (χ1v) is 6.95. The SMILES string of the molecule is Cc1ccc(C(N)=S)c(N2CCCC(C)(C)C2)c1. The number of thiocarbonyl (C=S) groups is 1. The molecule has 1 aliphatic heterocycles. The van der Waals surface area contributed by atoms with Gasteiger partial charge < -0.3 is 10.6 Å². The molecule has 0 spiro atoms. The fourth-order valence-corrected chi connectivity index (χ4v) is 2.91. The molecule has 2 rings (SSSR count). The van der Waals surface area contributed by atoms with E-state index in [1.807, 2.05) is 0 Å². The first-order chi connectivity index (χ1) is 8.39. The third kappa shape index (κ3) is 2.83. The second-order valence-corrected chi connectivity index (χ2v) is 6.51. The van der Waals surface area contributed by atoms with Crippen LogP contribution in [-0.2, 0) is 0 Å². The van der Waals surface area contributed by atoms with E-state index in [2.05, 4.69) is 43.9 Å². The van der Waals surface area contributed by atoms with E-state index in [1.54, 1.807) is 0 Å². The van der Waals surface area contributed by atoms with Gasteiger partial charge in [0.25, 0.3) is 0 Å². The molecule has 3 heteroatoms. The first kappa shape index (κ1) is 13.3. The third-order valence-electron chi connectivity index (χ3n) is 3.66. The van der Waals surface area contributed by atoms with Crippen molar-refractivity contribution in [3.05, 3.63) is 29.3 Å². The molecule has 0 amide bonds. The van der Waals surface area contributed by atoms with Gasteiger partial charge >= 0.3 is 0 Å².